The largest absolute Gasteiger partial charge is 0.388 e. The van der Waals surface area contributed by atoms with E-state index < -0.39 is 12.2 Å². The zero-order valence-electron chi connectivity index (χ0n) is 7.26. The van der Waals surface area contributed by atoms with Crippen molar-refractivity contribution in [2.75, 3.05) is 26.4 Å². The average molecular weight is 190 g/mol. The van der Waals surface area contributed by atoms with Crippen LogP contribution in [0.1, 0.15) is 0 Å². The maximum Gasteiger partial charge on any atom is 0.110 e. The van der Waals surface area contributed by atoms with Crippen LogP contribution in [0.15, 0.2) is 0 Å². The SMILES string of the molecule is O[C@H]1COC[C@@H]1O[C@H]1COC[C@@H]1O. The summed E-state index contributed by atoms with van der Waals surface area (Å²) >= 11 is 0. The maximum atomic E-state index is 9.36. The van der Waals surface area contributed by atoms with Gasteiger partial charge in [0.15, 0.2) is 0 Å². The van der Waals surface area contributed by atoms with E-state index in [9.17, 15) is 10.2 Å². The van der Waals surface area contributed by atoms with Gasteiger partial charge in [-0.1, -0.05) is 0 Å². The third kappa shape index (κ3) is 2.00. The first-order chi connectivity index (χ1) is 6.27. The highest BCUT2D eigenvalue weighted by atomic mass is 16.6. The van der Waals surface area contributed by atoms with Crippen LogP contribution < -0.4 is 0 Å². The molecule has 0 unspecified atom stereocenters. The van der Waals surface area contributed by atoms with Gasteiger partial charge in [-0.3, -0.25) is 0 Å². The van der Waals surface area contributed by atoms with Crippen molar-refractivity contribution in [3.05, 3.63) is 0 Å². The van der Waals surface area contributed by atoms with Crippen LogP contribution in [-0.2, 0) is 14.2 Å². The highest BCUT2D eigenvalue weighted by molar-refractivity contribution is 4.81. The van der Waals surface area contributed by atoms with Gasteiger partial charge >= 0.3 is 0 Å². The molecule has 0 saturated carbocycles. The van der Waals surface area contributed by atoms with Gasteiger partial charge in [0.2, 0.25) is 0 Å². The van der Waals surface area contributed by atoms with E-state index in [-0.39, 0.29) is 12.2 Å². The van der Waals surface area contributed by atoms with Gasteiger partial charge in [-0.15, -0.1) is 0 Å². The number of ether oxygens (including phenoxy) is 3. The molecule has 13 heavy (non-hydrogen) atoms. The van der Waals surface area contributed by atoms with Crippen molar-refractivity contribution in [1.82, 2.24) is 0 Å². The molecule has 2 aliphatic heterocycles. The van der Waals surface area contributed by atoms with E-state index in [1.165, 1.54) is 0 Å². The Morgan fingerprint density at radius 2 is 1.31 bits per heavy atom. The highest BCUT2D eigenvalue weighted by Gasteiger charge is 2.34. The number of aliphatic hydroxyl groups is 2. The molecule has 0 aliphatic carbocycles. The van der Waals surface area contributed by atoms with Gasteiger partial charge in [0.1, 0.15) is 24.4 Å². The van der Waals surface area contributed by atoms with Crippen LogP contribution in [-0.4, -0.2) is 61.1 Å². The monoisotopic (exact) mass is 190 g/mol. The first-order valence-electron chi connectivity index (χ1n) is 4.44. The minimum atomic E-state index is -0.576. The Balaban J connectivity index is 1.82. The molecule has 2 saturated heterocycles. The molecule has 0 bridgehead atoms. The van der Waals surface area contributed by atoms with Crippen LogP contribution in [0, 0.1) is 0 Å². The zero-order valence-corrected chi connectivity index (χ0v) is 7.26. The minimum Gasteiger partial charge on any atom is -0.388 e. The third-order valence-corrected chi connectivity index (χ3v) is 2.35. The van der Waals surface area contributed by atoms with Crippen molar-refractivity contribution < 1.29 is 24.4 Å². The lowest BCUT2D eigenvalue weighted by Crippen LogP contribution is -2.36. The number of rotatable bonds is 2. The molecule has 0 amide bonds. The molecule has 0 spiro atoms. The van der Waals surface area contributed by atoms with Crippen LogP contribution in [0.2, 0.25) is 0 Å². The summed E-state index contributed by atoms with van der Waals surface area (Å²) in [4.78, 5) is 0. The summed E-state index contributed by atoms with van der Waals surface area (Å²) in [5.74, 6) is 0. The molecular weight excluding hydrogens is 176 g/mol. The Labute approximate surface area is 76.2 Å². The molecule has 2 heterocycles. The minimum absolute atomic E-state index is 0.314. The lowest BCUT2D eigenvalue weighted by atomic mass is 10.2. The summed E-state index contributed by atoms with van der Waals surface area (Å²) in [5, 5.41) is 18.7. The summed E-state index contributed by atoms with van der Waals surface area (Å²) in [6.07, 6.45) is -1.79. The molecule has 0 aromatic carbocycles. The molecule has 76 valence electrons. The highest BCUT2D eigenvalue weighted by Crippen LogP contribution is 2.17. The third-order valence-electron chi connectivity index (χ3n) is 2.35. The molecule has 4 atom stereocenters. The summed E-state index contributed by atoms with van der Waals surface area (Å²) in [5.41, 5.74) is 0. The molecule has 2 fully saturated rings. The van der Waals surface area contributed by atoms with Crippen molar-refractivity contribution in [2.24, 2.45) is 0 Å². The number of aliphatic hydroxyl groups excluding tert-OH is 2. The summed E-state index contributed by atoms with van der Waals surface area (Å²) < 4.78 is 15.5. The van der Waals surface area contributed by atoms with Crippen molar-refractivity contribution in [2.45, 2.75) is 24.4 Å². The second kappa shape index (κ2) is 3.89. The van der Waals surface area contributed by atoms with Gasteiger partial charge in [-0.05, 0) is 0 Å². The predicted molar refractivity (Wildman–Crippen MR) is 42.3 cm³/mol. The van der Waals surface area contributed by atoms with E-state index in [1.54, 1.807) is 0 Å². The molecule has 2 aliphatic rings. The second-order valence-corrected chi connectivity index (χ2v) is 3.42. The van der Waals surface area contributed by atoms with E-state index in [1.807, 2.05) is 0 Å². The fourth-order valence-corrected chi connectivity index (χ4v) is 1.53. The normalized spacial score (nSPS) is 45.7. The average Bonchev–Trinajstić information content (AvgIpc) is 2.65. The fourth-order valence-electron chi connectivity index (χ4n) is 1.53. The maximum absolute atomic E-state index is 9.36. The van der Waals surface area contributed by atoms with Crippen LogP contribution in [0.25, 0.3) is 0 Å². The van der Waals surface area contributed by atoms with Gasteiger partial charge in [0.05, 0.1) is 26.4 Å². The topological polar surface area (TPSA) is 68.2 Å². The van der Waals surface area contributed by atoms with E-state index in [0.29, 0.717) is 26.4 Å². The molecule has 5 heteroatoms. The van der Waals surface area contributed by atoms with E-state index in [2.05, 4.69) is 0 Å². The first kappa shape index (κ1) is 9.36. The Morgan fingerprint density at radius 1 is 0.846 bits per heavy atom. The molecule has 2 N–H and O–H groups in total. The van der Waals surface area contributed by atoms with Gasteiger partial charge < -0.3 is 24.4 Å². The molecule has 0 aromatic heterocycles. The van der Waals surface area contributed by atoms with Crippen molar-refractivity contribution in [1.29, 1.82) is 0 Å². The molecule has 0 aromatic rings. The van der Waals surface area contributed by atoms with Crippen molar-refractivity contribution in [3.63, 3.8) is 0 Å². The van der Waals surface area contributed by atoms with Crippen LogP contribution >= 0.6 is 0 Å². The lowest BCUT2D eigenvalue weighted by Gasteiger charge is -2.20. The van der Waals surface area contributed by atoms with Crippen LogP contribution in [0.3, 0.4) is 0 Å². The van der Waals surface area contributed by atoms with Gasteiger partial charge in [-0.25, -0.2) is 0 Å². The van der Waals surface area contributed by atoms with Crippen molar-refractivity contribution in [3.8, 4) is 0 Å². The second-order valence-electron chi connectivity index (χ2n) is 3.42. The molecule has 2 rings (SSSR count). The Morgan fingerprint density at radius 3 is 1.62 bits per heavy atom. The predicted octanol–water partition coefficient (Wildman–Crippen LogP) is -1.48. The number of hydrogen-bond donors (Lipinski definition) is 2. The quantitative estimate of drug-likeness (QED) is 0.556. The zero-order chi connectivity index (χ0) is 9.26. The smallest absolute Gasteiger partial charge is 0.110 e. The Hall–Kier alpha value is -0.200. The van der Waals surface area contributed by atoms with Gasteiger partial charge in [0, 0.05) is 0 Å². The fraction of sp³-hybridized carbons (Fsp3) is 1.00. The number of hydrogen-bond acceptors (Lipinski definition) is 5. The standard InChI is InChI=1S/C8H14O5/c9-5-1-11-3-7(5)13-8-4-12-2-6(8)10/h5-10H,1-4H2/t5-,6-,7-,8-/m0/s1. The summed E-state index contributed by atoms with van der Waals surface area (Å²) in [6, 6.07) is 0. The van der Waals surface area contributed by atoms with Gasteiger partial charge in [0.25, 0.3) is 0 Å². The Kier molecular flexibility index (Phi) is 2.80. The van der Waals surface area contributed by atoms with E-state index >= 15 is 0 Å². The molecular formula is C8H14O5. The molecule has 0 radical (unpaired) electrons. The first-order valence-corrected chi connectivity index (χ1v) is 4.44. The molecule has 5 nitrogen and oxygen atoms in total. The van der Waals surface area contributed by atoms with Crippen molar-refractivity contribution >= 4 is 0 Å². The Bertz CT molecular complexity index is 156. The lowest BCUT2D eigenvalue weighted by molar-refractivity contribution is -0.0849. The van der Waals surface area contributed by atoms with E-state index in [0.717, 1.165) is 0 Å². The summed E-state index contributed by atoms with van der Waals surface area (Å²) in [6.45, 7) is 1.41. The van der Waals surface area contributed by atoms with E-state index in [4.69, 9.17) is 14.2 Å². The van der Waals surface area contributed by atoms with Crippen LogP contribution in [0.4, 0.5) is 0 Å². The van der Waals surface area contributed by atoms with Gasteiger partial charge in [-0.2, -0.15) is 0 Å². The summed E-state index contributed by atoms with van der Waals surface area (Å²) in [7, 11) is 0. The van der Waals surface area contributed by atoms with Crippen LogP contribution in [0.5, 0.6) is 0 Å².